The lowest BCUT2D eigenvalue weighted by Gasteiger charge is -2.08. The maximum absolute atomic E-state index is 11.4. The second kappa shape index (κ2) is 3.86. The summed E-state index contributed by atoms with van der Waals surface area (Å²) in [4.78, 5) is 10.7. The lowest BCUT2D eigenvalue weighted by molar-refractivity contribution is -0.119. The predicted molar refractivity (Wildman–Crippen MR) is 52.8 cm³/mol. The molecule has 0 bridgehead atoms. The predicted octanol–water partition coefficient (Wildman–Crippen LogP) is -0.564. The van der Waals surface area contributed by atoms with E-state index in [2.05, 4.69) is 4.72 Å². The molecule has 5 nitrogen and oxygen atoms in total. The van der Waals surface area contributed by atoms with Crippen LogP contribution in [-0.2, 0) is 14.8 Å². The van der Waals surface area contributed by atoms with Crippen LogP contribution < -0.4 is 10.5 Å². The van der Waals surface area contributed by atoms with Crippen LogP contribution in [0.2, 0.25) is 0 Å². The number of hydrogen-bond acceptors (Lipinski definition) is 3. The number of carbonyl (C=O) groups excluding carboxylic acids is 1. The van der Waals surface area contributed by atoms with Gasteiger partial charge >= 0.3 is 0 Å². The Hall–Kier alpha value is -0.620. The van der Waals surface area contributed by atoms with Crippen LogP contribution in [0, 0.1) is 11.8 Å². The number of amides is 1. The highest BCUT2D eigenvalue weighted by Gasteiger charge is 2.44. The summed E-state index contributed by atoms with van der Waals surface area (Å²) in [5, 5.41) is 0. The van der Waals surface area contributed by atoms with Crippen LogP contribution in [0.15, 0.2) is 0 Å². The molecule has 1 rings (SSSR count). The Morgan fingerprint density at radius 1 is 1.57 bits per heavy atom. The highest BCUT2D eigenvalue weighted by molar-refractivity contribution is 7.89. The van der Waals surface area contributed by atoms with E-state index in [1.807, 2.05) is 0 Å². The van der Waals surface area contributed by atoms with Crippen LogP contribution in [0.4, 0.5) is 0 Å². The molecule has 2 atom stereocenters. The third kappa shape index (κ3) is 3.26. The number of sulfonamides is 1. The third-order valence-corrected chi connectivity index (χ3v) is 3.83. The standard InChI is InChI=1S/C8H16N2O3S/c1-5(2)10-14(12,13)4-6-3-7(6)8(9)11/h5-7,10H,3-4H2,1-2H3,(H2,9,11)/t6-,7+/m0/s1. The van der Waals surface area contributed by atoms with E-state index >= 15 is 0 Å². The van der Waals surface area contributed by atoms with Gasteiger partial charge < -0.3 is 5.73 Å². The first-order valence-corrected chi connectivity index (χ1v) is 6.26. The molecule has 82 valence electrons. The molecule has 14 heavy (non-hydrogen) atoms. The Balaban J connectivity index is 2.43. The van der Waals surface area contributed by atoms with E-state index < -0.39 is 15.9 Å². The van der Waals surface area contributed by atoms with Gasteiger partial charge in [0.25, 0.3) is 0 Å². The Morgan fingerprint density at radius 2 is 2.14 bits per heavy atom. The van der Waals surface area contributed by atoms with Crippen LogP contribution in [0.1, 0.15) is 20.3 Å². The smallest absolute Gasteiger partial charge is 0.220 e. The molecule has 0 unspecified atom stereocenters. The number of hydrogen-bond donors (Lipinski definition) is 2. The Labute approximate surface area is 84.1 Å². The molecule has 1 saturated carbocycles. The molecule has 1 amide bonds. The summed E-state index contributed by atoms with van der Waals surface area (Å²) in [6.45, 7) is 3.52. The zero-order valence-corrected chi connectivity index (χ0v) is 9.17. The molecule has 0 aliphatic heterocycles. The summed E-state index contributed by atoms with van der Waals surface area (Å²) in [5.74, 6) is -0.698. The van der Waals surface area contributed by atoms with Crippen molar-refractivity contribution < 1.29 is 13.2 Å². The molecule has 0 aromatic heterocycles. The third-order valence-electron chi connectivity index (χ3n) is 2.14. The van der Waals surface area contributed by atoms with Crippen LogP contribution in [0.25, 0.3) is 0 Å². The quantitative estimate of drug-likeness (QED) is 0.650. The minimum Gasteiger partial charge on any atom is -0.369 e. The van der Waals surface area contributed by atoms with Crippen LogP contribution >= 0.6 is 0 Å². The van der Waals surface area contributed by atoms with E-state index in [1.165, 1.54) is 0 Å². The minimum absolute atomic E-state index is 0.0127. The summed E-state index contributed by atoms with van der Waals surface area (Å²) in [6.07, 6.45) is 0.605. The van der Waals surface area contributed by atoms with Gasteiger partial charge in [-0.05, 0) is 26.2 Å². The first-order chi connectivity index (χ1) is 6.32. The molecular weight excluding hydrogens is 204 g/mol. The zero-order chi connectivity index (χ0) is 10.9. The van der Waals surface area contributed by atoms with Gasteiger partial charge in [-0.1, -0.05) is 0 Å². The lowest BCUT2D eigenvalue weighted by Crippen LogP contribution is -2.33. The fourth-order valence-corrected chi connectivity index (χ4v) is 3.22. The summed E-state index contributed by atoms with van der Waals surface area (Å²) in [7, 11) is -3.24. The van der Waals surface area contributed by atoms with Gasteiger partial charge in [-0.25, -0.2) is 13.1 Å². The highest BCUT2D eigenvalue weighted by atomic mass is 32.2. The van der Waals surface area contributed by atoms with E-state index in [9.17, 15) is 13.2 Å². The Kier molecular flexibility index (Phi) is 3.16. The van der Waals surface area contributed by atoms with E-state index in [0.717, 1.165) is 0 Å². The summed E-state index contributed by atoms with van der Waals surface area (Å²) in [5.41, 5.74) is 5.05. The number of primary amides is 1. The SMILES string of the molecule is CC(C)NS(=O)(=O)C[C@@H]1C[C@H]1C(N)=O. The van der Waals surface area contributed by atoms with Gasteiger partial charge in [0.1, 0.15) is 0 Å². The molecule has 0 spiro atoms. The second-order valence-corrected chi connectivity index (χ2v) is 5.86. The number of nitrogens with one attached hydrogen (secondary N) is 1. The molecular formula is C8H16N2O3S. The minimum atomic E-state index is -3.24. The Morgan fingerprint density at radius 3 is 2.50 bits per heavy atom. The molecule has 0 aromatic rings. The van der Waals surface area contributed by atoms with Gasteiger partial charge in [0.15, 0.2) is 0 Å². The highest BCUT2D eigenvalue weighted by Crippen LogP contribution is 2.38. The van der Waals surface area contributed by atoms with Crippen molar-refractivity contribution in [1.29, 1.82) is 0 Å². The molecule has 0 saturated heterocycles. The fourth-order valence-electron chi connectivity index (χ4n) is 1.47. The molecule has 3 N–H and O–H groups in total. The van der Waals surface area contributed by atoms with Gasteiger partial charge in [-0.3, -0.25) is 4.79 Å². The maximum atomic E-state index is 11.4. The number of carbonyl (C=O) groups is 1. The number of rotatable bonds is 5. The van der Waals surface area contributed by atoms with Crippen molar-refractivity contribution >= 4 is 15.9 Å². The van der Waals surface area contributed by atoms with Crippen molar-refractivity contribution in [2.24, 2.45) is 17.6 Å². The van der Waals surface area contributed by atoms with Crippen LogP contribution in [0.3, 0.4) is 0 Å². The molecule has 1 aliphatic carbocycles. The lowest BCUT2D eigenvalue weighted by atomic mass is 10.3. The van der Waals surface area contributed by atoms with E-state index in [4.69, 9.17) is 5.73 Å². The second-order valence-electron chi connectivity index (χ2n) is 4.06. The van der Waals surface area contributed by atoms with E-state index in [1.54, 1.807) is 13.8 Å². The van der Waals surface area contributed by atoms with E-state index in [-0.39, 0.29) is 23.6 Å². The molecule has 0 heterocycles. The number of nitrogens with two attached hydrogens (primary N) is 1. The maximum Gasteiger partial charge on any atom is 0.220 e. The molecule has 6 heteroatoms. The van der Waals surface area contributed by atoms with Gasteiger partial charge in [-0.2, -0.15) is 0 Å². The van der Waals surface area contributed by atoms with Crippen LogP contribution in [0.5, 0.6) is 0 Å². The first-order valence-electron chi connectivity index (χ1n) is 4.61. The summed E-state index contributed by atoms with van der Waals surface area (Å²) in [6, 6.07) is -0.106. The van der Waals surface area contributed by atoms with Gasteiger partial charge in [0.2, 0.25) is 15.9 Å². The Bertz CT molecular complexity index is 323. The van der Waals surface area contributed by atoms with Gasteiger partial charge in [-0.15, -0.1) is 0 Å². The largest absolute Gasteiger partial charge is 0.369 e. The average Bonchev–Trinajstić information content (AvgIpc) is 2.62. The van der Waals surface area contributed by atoms with Crippen molar-refractivity contribution in [1.82, 2.24) is 4.72 Å². The van der Waals surface area contributed by atoms with Crippen molar-refractivity contribution in [2.45, 2.75) is 26.3 Å². The first kappa shape index (κ1) is 11.5. The molecule has 1 fully saturated rings. The molecule has 0 aromatic carbocycles. The van der Waals surface area contributed by atoms with E-state index in [0.29, 0.717) is 6.42 Å². The average molecular weight is 220 g/mol. The molecule has 1 aliphatic rings. The molecule has 0 radical (unpaired) electrons. The van der Waals surface area contributed by atoms with Crippen molar-refractivity contribution in [2.75, 3.05) is 5.75 Å². The normalized spacial score (nSPS) is 26.5. The van der Waals surface area contributed by atoms with Crippen molar-refractivity contribution in [3.63, 3.8) is 0 Å². The summed E-state index contributed by atoms with van der Waals surface area (Å²) >= 11 is 0. The fraction of sp³-hybridized carbons (Fsp3) is 0.875. The van der Waals surface area contributed by atoms with Crippen LogP contribution in [-0.4, -0.2) is 26.1 Å². The van der Waals surface area contributed by atoms with Gasteiger partial charge in [0, 0.05) is 12.0 Å². The van der Waals surface area contributed by atoms with Crippen molar-refractivity contribution in [3.8, 4) is 0 Å². The van der Waals surface area contributed by atoms with Crippen molar-refractivity contribution in [3.05, 3.63) is 0 Å². The monoisotopic (exact) mass is 220 g/mol. The topological polar surface area (TPSA) is 89.3 Å². The van der Waals surface area contributed by atoms with Gasteiger partial charge in [0.05, 0.1) is 5.75 Å². The summed E-state index contributed by atoms with van der Waals surface area (Å²) < 4.78 is 25.3. The zero-order valence-electron chi connectivity index (χ0n) is 8.36.